The maximum absolute atomic E-state index is 13.3. The highest BCUT2D eigenvalue weighted by atomic mass is 32.2. The summed E-state index contributed by atoms with van der Waals surface area (Å²) in [5.41, 5.74) is 0.603. The van der Waals surface area contributed by atoms with Gasteiger partial charge in [0.2, 0.25) is 15.9 Å². The van der Waals surface area contributed by atoms with E-state index in [1.165, 1.54) is 19.2 Å². The molecule has 34 heavy (non-hydrogen) atoms. The molecule has 0 aliphatic carbocycles. The van der Waals surface area contributed by atoms with Crippen LogP contribution >= 0.6 is 0 Å². The molecule has 2 N–H and O–H groups in total. The minimum absolute atomic E-state index is 0.0312. The fourth-order valence-electron chi connectivity index (χ4n) is 4.00. The van der Waals surface area contributed by atoms with Crippen molar-refractivity contribution in [2.45, 2.75) is 50.1 Å². The van der Waals surface area contributed by atoms with Crippen LogP contribution in [0.1, 0.15) is 43.5 Å². The second-order valence-corrected chi connectivity index (χ2v) is 10.6. The lowest BCUT2D eigenvalue weighted by Crippen LogP contribution is -2.53. The average molecular weight is 488 g/mol. The van der Waals surface area contributed by atoms with Crippen LogP contribution in [0.15, 0.2) is 59.5 Å². The number of nitrogens with zero attached hydrogens (tertiary/aromatic N) is 1. The molecule has 1 unspecified atom stereocenters. The van der Waals surface area contributed by atoms with E-state index in [9.17, 15) is 18.0 Å². The Kier molecular flexibility index (Phi) is 8.68. The maximum atomic E-state index is 13.3. The van der Waals surface area contributed by atoms with E-state index >= 15 is 0 Å². The standard InChI is InChI=1S/C25H33N3O5S/c1-18(2)17-23(27-34(31,32)22-11-9-21(33-3)10-12-22)25(30)28-15-13-20(14-16-28)26-24(29)19-7-5-4-6-8-19/h4-12,18,20,23,27H,13-17H2,1-3H3,(H,26,29). The number of benzene rings is 2. The quantitative estimate of drug-likeness (QED) is 0.566. The highest BCUT2D eigenvalue weighted by molar-refractivity contribution is 7.89. The second-order valence-electron chi connectivity index (χ2n) is 8.92. The Morgan fingerprint density at radius 1 is 1.03 bits per heavy atom. The molecule has 1 fully saturated rings. The number of ether oxygens (including phenoxy) is 1. The van der Waals surface area contributed by atoms with Gasteiger partial charge in [0, 0.05) is 24.7 Å². The van der Waals surface area contributed by atoms with Crippen molar-refractivity contribution in [1.82, 2.24) is 14.9 Å². The number of piperidine rings is 1. The first-order valence-corrected chi connectivity index (χ1v) is 13.0. The lowest BCUT2D eigenvalue weighted by molar-refractivity contribution is -0.134. The van der Waals surface area contributed by atoms with Gasteiger partial charge in [-0.15, -0.1) is 0 Å². The van der Waals surface area contributed by atoms with Gasteiger partial charge >= 0.3 is 0 Å². The Balaban J connectivity index is 1.62. The Hall–Kier alpha value is -2.91. The zero-order valence-corrected chi connectivity index (χ0v) is 20.7. The predicted octanol–water partition coefficient (Wildman–Crippen LogP) is 2.81. The van der Waals surface area contributed by atoms with Crippen LogP contribution in [0.4, 0.5) is 0 Å². The molecule has 0 bridgehead atoms. The highest BCUT2D eigenvalue weighted by Crippen LogP contribution is 2.19. The van der Waals surface area contributed by atoms with Gasteiger partial charge in [-0.3, -0.25) is 9.59 Å². The zero-order valence-electron chi connectivity index (χ0n) is 19.9. The molecular weight excluding hydrogens is 454 g/mol. The SMILES string of the molecule is COc1ccc(S(=O)(=O)NC(CC(C)C)C(=O)N2CCC(NC(=O)c3ccccc3)CC2)cc1. The van der Waals surface area contributed by atoms with Gasteiger partial charge in [-0.05, 0) is 61.6 Å². The molecule has 8 nitrogen and oxygen atoms in total. The Morgan fingerprint density at radius 3 is 2.21 bits per heavy atom. The summed E-state index contributed by atoms with van der Waals surface area (Å²) in [7, 11) is -2.37. The topological polar surface area (TPSA) is 105 Å². The Labute approximate surface area is 201 Å². The number of amides is 2. The molecule has 0 saturated carbocycles. The number of hydrogen-bond donors (Lipinski definition) is 2. The summed E-state index contributed by atoms with van der Waals surface area (Å²) in [5, 5.41) is 3.03. The van der Waals surface area contributed by atoms with Crippen LogP contribution < -0.4 is 14.8 Å². The van der Waals surface area contributed by atoms with Crippen molar-refractivity contribution in [3.63, 3.8) is 0 Å². The van der Waals surface area contributed by atoms with Gasteiger partial charge in [-0.25, -0.2) is 8.42 Å². The van der Waals surface area contributed by atoms with E-state index in [-0.39, 0.29) is 28.7 Å². The first-order valence-electron chi connectivity index (χ1n) is 11.5. The van der Waals surface area contributed by atoms with Gasteiger partial charge in [0.1, 0.15) is 11.8 Å². The molecule has 0 aromatic heterocycles. The molecule has 3 rings (SSSR count). The Morgan fingerprint density at radius 2 is 1.65 bits per heavy atom. The van der Waals surface area contributed by atoms with Crippen molar-refractivity contribution < 1.29 is 22.7 Å². The number of sulfonamides is 1. The van der Waals surface area contributed by atoms with Crippen molar-refractivity contribution in [3.05, 3.63) is 60.2 Å². The fraction of sp³-hybridized carbons (Fsp3) is 0.440. The highest BCUT2D eigenvalue weighted by Gasteiger charge is 2.32. The number of carbonyl (C=O) groups excluding carboxylic acids is 2. The van der Waals surface area contributed by atoms with Crippen molar-refractivity contribution in [1.29, 1.82) is 0 Å². The van der Waals surface area contributed by atoms with Crippen molar-refractivity contribution in [2.24, 2.45) is 5.92 Å². The molecule has 184 valence electrons. The van der Waals surface area contributed by atoms with Crippen molar-refractivity contribution in [2.75, 3.05) is 20.2 Å². The van der Waals surface area contributed by atoms with Crippen LogP contribution in [0.3, 0.4) is 0 Å². The van der Waals surface area contributed by atoms with Crippen LogP contribution in [0.5, 0.6) is 5.75 Å². The summed E-state index contributed by atoms with van der Waals surface area (Å²) >= 11 is 0. The lowest BCUT2D eigenvalue weighted by atomic mass is 10.00. The molecule has 1 heterocycles. The maximum Gasteiger partial charge on any atom is 0.251 e. The van der Waals surface area contributed by atoms with E-state index in [1.54, 1.807) is 29.2 Å². The molecule has 1 aliphatic rings. The molecule has 2 amide bonds. The van der Waals surface area contributed by atoms with Crippen molar-refractivity contribution >= 4 is 21.8 Å². The summed E-state index contributed by atoms with van der Waals surface area (Å²) in [6, 6.07) is 14.2. The smallest absolute Gasteiger partial charge is 0.251 e. The largest absolute Gasteiger partial charge is 0.497 e. The summed E-state index contributed by atoms with van der Waals surface area (Å²) in [4.78, 5) is 27.5. The average Bonchev–Trinajstić information content (AvgIpc) is 2.84. The molecule has 1 aliphatic heterocycles. The van der Waals surface area contributed by atoms with E-state index < -0.39 is 16.1 Å². The fourth-order valence-corrected chi connectivity index (χ4v) is 5.21. The van der Waals surface area contributed by atoms with Crippen LogP contribution in [0.2, 0.25) is 0 Å². The minimum atomic E-state index is -3.88. The zero-order chi connectivity index (χ0) is 24.7. The molecule has 1 atom stereocenters. The normalized spacial score (nSPS) is 15.7. The number of nitrogens with one attached hydrogen (secondary N) is 2. The second kappa shape index (κ2) is 11.5. The van der Waals surface area contributed by atoms with Crippen LogP contribution in [-0.2, 0) is 14.8 Å². The molecule has 9 heteroatoms. The third-order valence-electron chi connectivity index (χ3n) is 5.85. The van der Waals surface area contributed by atoms with Gasteiger partial charge in [-0.2, -0.15) is 4.72 Å². The summed E-state index contributed by atoms with van der Waals surface area (Å²) in [5.74, 6) is 0.306. The molecule has 1 saturated heterocycles. The van der Waals surface area contributed by atoms with Crippen LogP contribution in [0, 0.1) is 5.92 Å². The van der Waals surface area contributed by atoms with Crippen LogP contribution in [0.25, 0.3) is 0 Å². The van der Waals surface area contributed by atoms with E-state index in [0.29, 0.717) is 43.7 Å². The molecule has 2 aromatic carbocycles. The van der Waals surface area contributed by atoms with Gasteiger partial charge in [-0.1, -0.05) is 32.0 Å². The minimum Gasteiger partial charge on any atom is -0.497 e. The van der Waals surface area contributed by atoms with Crippen LogP contribution in [-0.4, -0.2) is 57.4 Å². The van der Waals surface area contributed by atoms with E-state index in [1.807, 2.05) is 32.0 Å². The third kappa shape index (κ3) is 6.80. The number of hydrogen-bond acceptors (Lipinski definition) is 5. The predicted molar refractivity (Wildman–Crippen MR) is 130 cm³/mol. The van der Waals surface area contributed by atoms with E-state index in [4.69, 9.17) is 4.74 Å². The third-order valence-corrected chi connectivity index (χ3v) is 7.34. The van der Waals surface area contributed by atoms with E-state index in [2.05, 4.69) is 10.0 Å². The number of carbonyl (C=O) groups is 2. The lowest BCUT2D eigenvalue weighted by Gasteiger charge is -2.35. The van der Waals surface area contributed by atoms with Gasteiger partial charge in [0.05, 0.1) is 12.0 Å². The Bertz CT molecular complexity index is 1060. The molecule has 2 aromatic rings. The number of rotatable bonds is 9. The first kappa shape index (κ1) is 25.7. The number of likely N-dealkylation sites (tertiary alicyclic amines) is 1. The first-order chi connectivity index (χ1) is 16.2. The summed E-state index contributed by atoms with van der Waals surface area (Å²) in [6.45, 7) is 4.81. The van der Waals surface area contributed by atoms with E-state index in [0.717, 1.165) is 0 Å². The molecule has 0 radical (unpaired) electrons. The monoisotopic (exact) mass is 487 g/mol. The van der Waals surface area contributed by atoms with Gasteiger partial charge in [0.15, 0.2) is 0 Å². The summed E-state index contributed by atoms with van der Waals surface area (Å²) < 4.78 is 33.6. The number of methoxy groups -OCH3 is 1. The van der Waals surface area contributed by atoms with Crippen molar-refractivity contribution in [3.8, 4) is 5.75 Å². The van der Waals surface area contributed by atoms with Gasteiger partial charge in [0.25, 0.3) is 5.91 Å². The van der Waals surface area contributed by atoms with Gasteiger partial charge < -0.3 is 15.0 Å². The molecular formula is C25H33N3O5S. The molecule has 0 spiro atoms. The summed E-state index contributed by atoms with van der Waals surface area (Å²) in [6.07, 6.45) is 1.62.